The Balaban J connectivity index is 1.71. The Labute approximate surface area is 100 Å². The molecule has 0 aromatic carbocycles. The van der Waals surface area contributed by atoms with Gasteiger partial charge in [-0.25, -0.2) is 0 Å². The highest BCUT2D eigenvalue weighted by Crippen LogP contribution is 2.16. The third kappa shape index (κ3) is 3.06. The van der Waals surface area contributed by atoms with Crippen LogP contribution in [0.25, 0.3) is 0 Å². The van der Waals surface area contributed by atoms with Crippen LogP contribution in [0.2, 0.25) is 0 Å². The highest BCUT2D eigenvalue weighted by molar-refractivity contribution is 7.11. The normalized spacial score (nSPS) is 15.8. The second kappa shape index (κ2) is 5.46. The summed E-state index contributed by atoms with van der Waals surface area (Å²) < 4.78 is 0. The Kier molecular flexibility index (Phi) is 3.96. The van der Waals surface area contributed by atoms with E-state index in [0.29, 0.717) is 18.9 Å². The fourth-order valence-corrected chi connectivity index (χ4v) is 2.62. The van der Waals surface area contributed by atoms with Gasteiger partial charge in [0.2, 0.25) is 5.91 Å². The predicted octanol–water partition coefficient (Wildman–Crippen LogP) is 1.54. The Morgan fingerprint density at radius 1 is 1.50 bits per heavy atom. The van der Waals surface area contributed by atoms with Gasteiger partial charge in [0.1, 0.15) is 0 Å². The van der Waals surface area contributed by atoms with Gasteiger partial charge >= 0.3 is 0 Å². The van der Waals surface area contributed by atoms with Crippen molar-refractivity contribution in [3.8, 4) is 0 Å². The third-order valence-electron chi connectivity index (χ3n) is 2.87. The molecule has 0 saturated carbocycles. The van der Waals surface area contributed by atoms with Crippen molar-refractivity contribution in [2.24, 2.45) is 5.92 Å². The maximum absolute atomic E-state index is 11.6. The zero-order valence-electron chi connectivity index (χ0n) is 9.58. The first-order chi connectivity index (χ1) is 7.78. The molecule has 1 aliphatic heterocycles. The number of nitrogens with one attached hydrogen (secondary N) is 2. The van der Waals surface area contributed by atoms with Gasteiger partial charge in [0.05, 0.1) is 6.54 Å². The van der Waals surface area contributed by atoms with E-state index in [2.05, 4.69) is 29.7 Å². The van der Waals surface area contributed by atoms with Gasteiger partial charge in [0.25, 0.3) is 0 Å². The molecule has 0 bridgehead atoms. The van der Waals surface area contributed by atoms with E-state index in [0.717, 1.165) is 19.5 Å². The predicted molar refractivity (Wildman–Crippen MR) is 66.5 cm³/mol. The molecule has 1 saturated heterocycles. The van der Waals surface area contributed by atoms with Crippen molar-refractivity contribution in [1.82, 2.24) is 10.6 Å². The largest absolute Gasteiger partial charge is 0.351 e. The molecule has 4 heteroatoms. The van der Waals surface area contributed by atoms with Gasteiger partial charge in [-0.15, -0.1) is 11.3 Å². The first kappa shape index (κ1) is 11.6. The fourth-order valence-electron chi connectivity index (χ4n) is 1.72. The molecule has 0 unspecified atom stereocenters. The first-order valence-electron chi connectivity index (χ1n) is 5.83. The second-order valence-corrected chi connectivity index (χ2v) is 5.48. The van der Waals surface area contributed by atoms with E-state index < -0.39 is 0 Å². The minimum absolute atomic E-state index is 0.179. The van der Waals surface area contributed by atoms with Crippen LogP contribution in [0.15, 0.2) is 12.1 Å². The number of rotatable bonds is 5. The molecule has 2 rings (SSSR count). The first-order valence-corrected chi connectivity index (χ1v) is 6.64. The lowest BCUT2D eigenvalue weighted by molar-refractivity contribution is -0.122. The van der Waals surface area contributed by atoms with Gasteiger partial charge in [0, 0.05) is 16.2 Å². The van der Waals surface area contributed by atoms with Gasteiger partial charge in [-0.3, -0.25) is 4.79 Å². The fraction of sp³-hybridized carbons (Fsp3) is 0.583. The quantitative estimate of drug-likeness (QED) is 0.817. The Bertz CT molecular complexity index is 358. The van der Waals surface area contributed by atoms with Gasteiger partial charge in [-0.05, 0) is 37.6 Å². The number of hydrogen-bond acceptors (Lipinski definition) is 3. The van der Waals surface area contributed by atoms with Crippen LogP contribution in [0.4, 0.5) is 0 Å². The summed E-state index contributed by atoms with van der Waals surface area (Å²) in [5.74, 6) is 0.729. The van der Waals surface area contributed by atoms with Gasteiger partial charge in [0.15, 0.2) is 0 Å². The number of carbonyl (C=O) groups excluding carboxylic acids is 1. The molecule has 0 spiro atoms. The van der Waals surface area contributed by atoms with Crippen molar-refractivity contribution < 1.29 is 4.79 Å². The molecule has 1 aromatic heterocycles. The van der Waals surface area contributed by atoms with E-state index in [4.69, 9.17) is 0 Å². The van der Waals surface area contributed by atoms with E-state index in [9.17, 15) is 4.79 Å². The lowest BCUT2D eigenvalue weighted by Gasteiger charge is -2.26. The van der Waals surface area contributed by atoms with E-state index in [-0.39, 0.29) is 5.91 Å². The molecule has 1 aromatic rings. The minimum atomic E-state index is 0.179. The molecule has 16 heavy (non-hydrogen) atoms. The van der Waals surface area contributed by atoms with E-state index in [1.54, 1.807) is 11.3 Å². The van der Waals surface area contributed by atoms with Crippen molar-refractivity contribution >= 4 is 17.2 Å². The van der Waals surface area contributed by atoms with E-state index in [1.165, 1.54) is 9.75 Å². The Hall–Kier alpha value is -0.870. The van der Waals surface area contributed by atoms with E-state index >= 15 is 0 Å². The third-order valence-corrected chi connectivity index (χ3v) is 4.10. The SMILES string of the molecule is CCc1ccc(CNC(=O)CC2CNC2)s1. The zero-order chi connectivity index (χ0) is 11.4. The van der Waals surface area contributed by atoms with Crippen LogP contribution in [-0.2, 0) is 17.8 Å². The van der Waals surface area contributed by atoms with Crippen LogP contribution in [-0.4, -0.2) is 19.0 Å². The number of thiophene rings is 1. The van der Waals surface area contributed by atoms with Crippen molar-refractivity contribution in [2.45, 2.75) is 26.3 Å². The lowest BCUT2D eigenvalue weighted by atomic mass is 9.99. The molecule has 0 atom stereocenters. The molecule has 2 N–H and O–H groups in total. The average molecular weight is 238 g/mol. The number of aryl methyl sites for hydroxylation is 1. The van der Waals surface area contributed by atoms with Crippen LogP contribution in [0.1, 0.15) is 23.1 Å². The van der Waals surface area contributed by atoms with Crippen molar-refractivity contribution in [2.75, 3.05) is 13.1 Å². The highest BCUT2D eigenvalue weighted by atomic mass is 32.1. The molecule has 1 amide bonds. The summed E-state index contributed by atoms with van der Waals surface area (Å²) in [4.78, 5) is 14.2. The monoisotopic (exact) mass is 238 g/mol. The molecule has 2 heterocycles. The van der Waals surface area contributed by atoms with E-state index in [1.807, 2.05) is 0 Å². The standard InChI is InChI=1S/C12H18N2OS/c1-2-10-3-4-11(16-10)8-14-12(15)5-9-6-13-7-9/h3-4,9,13H,2,5-8H2,1H3,(H,14,15). The number of carbonyl (C=O) groups is 1. The van der Waals surface area contributed by atoms with Gasteiger partial charge in [-0.1, -0.05) is 6.92 Å². The second-order valence-electron chi connectivity index (χ2n) is 4.23. The summed E-state index contributed by atoms with van der Waals surface area (Å²) in [6.45, 7) is 4.82. The zero-order valence-corrected chi connectivity index (χ0v) is 10.4. The number of hydrogen-bond donors (Lipinski definition) is 2. The highest BCUT2D eigenvalue weighted by Gasteiger charge is 2.19. The molecule has 0 aliphatic carbocycles. The minimum Gasteiger partial charge on any atom is -0.351 e. The molecule has 1 aliphatic rings. The summed E-state index contributed by atoms with van der Waals surface area (Å²) in [6.07, 6.45) is 1.74. The van der Waals surface area contributed by atoms with Gasteiger partial charge in [-0.2, -0.15) is 0 Å². The van der Waals surface area contributed by atoms with Crippen molar-refractivity contribution in [3.05, 3.63) is 21.9 Å². The Morgan fingerprint density at radius 3 is 2.81 bits per heavy atom. The summed E-state index contributed by atoms with van der Waals surface area (Å²) in [7, 11) is 0. The summed E-state index contributed by atoms with van der Waals surface area (Å²) >= 11 is 1.79. The molecular formula is C12H18N2OS. The smallest absolute Gasteiger partial charge is 0.220 e. The van der Waals surface area contributed by atoms with Crippen molar-refractivity contribution in [1.29, 1.82) is 0 Å². The average Bonchev–Trinajstić information content (AvgIpc) is 2.68. The summed E-state index contributed by atoms with van der Waals surface area (Å²) in [6, 6.07) is 4.25. The molecular weight excluding hydrogens is 220 g/mol. The lowest BCUT2D eigenvalue weighted by Crippen LogP contribution is -2.44. The topological polar surface area (TPSA) is 41.1 Å². The van der Waals surface area contributed by atoms with Crippen molar-refractivity contribution in [3.63, 3.8) is 0 Å². The van der Waals surface area contributed by atoms with Crippen LogP contribution >= 0.6 is 11.3 Å². The van der Waals surface area contributed by atoms with Crippen LogP contribution < -0.4 is 10.6 Å². The Morgan fingerprint density at radius 2 is 2.25 bits per heavy atom. The summed E-state index contributed by atoms with van der Waals surface area (Å²) in [5.41, 5.74) is 0. The van der Waals surface area contributed by atoms with Crippen LogP contribution in [0.3, 0.4) is 0 Å². The number of amides is 1. The van der Waals surface area contributed by atoms with Crippen LogP contribution in [0, 0.1) is 5.92 Å². The van der Waals surface area contributed by atoms with Crippen LogP contribution in [0.5, 0.6) is 0 Å². The summed E-state index contributed by atoms with van der Waals surface area (Å²) in [5, 5.41) is 6.15. The van der Waals surface area contributed by atoms with Gasteiger partial charge < -0.3 is 10.6 Å². The maximum Gasteiger partial charge on any atom is 0.220 e. The molecule has 1 fully saturated rings. The maximum atomic E-state index is 11.6. The molecule has 0 radical (unpaired) electrons. The molecule has 88 valence electrons. The molecule has 3 nitrogen and oxygen atoms in total.